The molecule has 1 rings (SSSR count). The summed E-state index contributed by atoms with van der Waals surface area (Å²) in [4.78, 5) is 28.1. The molecule has 102 valence electrons. The predicted octanol–water partition coefficient (Wildman–Crippen LogP) is -0.667. The molecule has 0 aromatic heterocycles. The van der Waals surface area contributed by atoms with Gasteiger partial charge in [-0.3, -0.25) is 9.69 Å². The third-order valence-corrected chi connectivity index (χ3v) is 2.92. The first kappa shape index (κ1) is 14.7. The van der Waals surface area contributed by atoms with Crippen molar-refractivity contribution in [2.24, 2.45) is 0 Å². The molecule has 1 aliphatic heterocycles. The van der Waals surface area contributed by atoms with Gasteiger partial charge in [0.15, 0.2) is 0 Å². The largest absolute Gasteiger partial charge is 0.478 e. The van der Waals surface area contributed by atoms with E-state index in [0.29, 0.717) is 13.1 Å². The van der Waals surface area contributed by atoms with Gasteiger partial charge >= 0.3 is 5.97 Å². The van der Waals surface area contributed by atoms with Gasteiger partial charge in [0.05, 0.1) is 0 Å². The van der Waals surface area contributed by atoms with Crippen LogP contribution in [0.4, 0.5) is 0 Å². The van der Waals surface area contributed by atoms with Crippen molar-refractivity contribution < 1.29 is 14.7 Å². The molecule has 0 aromatic rings. The van der Waals surface area contributed by atoms with Crippen LogP contribution in [0.2, 0.25) is 0 Å². The second-order valence-electron chi connectivity index (χ2n) is 4.64. The Hall–Kier alpha value is -1.40. The Morgan fingerprint density at radius 2 is 1.78 bits per heavy atom. The van der Waals surface area contributed by atoms with Gasteiger partial charge in [0.1, 0.15) is 0 Å². The summed E-state index contributed by atoms with van der Waals surface area (Å²) in [6.45, 7) is 5.03. The number of carbonyl (C=O) groups is 2. The zero-order valence-corrected chi connectivity index (χ0v) is 11.0. The van der Waals surface area contributed by atoms with Gasteiger partial charge in [0, 0.05) is 51.4 Å². The van der Waals surface area contributed by atoms with E-state index in [9.17, 15) is 9.59 Å². The molecule has 0 bridgehead atoms. The Bertz CT molecular complexity index is 321. The predicted molar refractivity (Wildman–Crippen MR) is 68.3 cm³/mol. The third kappa shape index (κ3) is 5.29. The number of likely N-dealkylation sites (N-methyl/N-ethyl adjacent to an activating group) is 1. The van der Waals surface area contributed by atoms with Crippen LogP contribution in [0.25, 0.3) is 0 Å². The monoisotopic (exact) mass is 255 g/mol. The lowest BCUT2D eigenvalue weighted by atomic mass is 10.3. The van der Waals surface area contributed by atoms with Crippen molar-refractivity contribution in [3.05, 3.63) is 12.2 Å². The fourth-order valence-electron chi connectivity index (χ4n) is 1.78. The number of carbonyl (C=O) groups excluding carboxylic acids is 1. The van der Waals surface area contributed by atoms with E-state index in [1.165, 1.54) is 0 Å². The van der Waals surface area contributed by atoms with E-state index in [0.717, 1.165) is 38.3 Å². The number of carboxylic acids is 1. The van der Waals surface area contributed by atoms with Crippen molar-refractivity contribution >= 4 is 11.9 Å². The Morgan fingerprint density at radius 1 is 1.17 bits per heavy atom. The van der Waals surface area contributed by atoms with Crippen LogP contribution in [-0.4, -0.2) is 85.0 Å². The lowest BCUT2D eigenvalue weighted by Crippen LogP contribution is -2.49. The van der Waals surface area contributed by atoms with Crippen LogP contribution >= 0.6 is 0 Å². The summed E-state index contributed by atoms with van der Waals surface area (Å²) in [5, 5.41) is 8.45. The number of rotatable bonds is 5. The second-order valence-corrected chi connectivity index (χ2v) is 4.64. The number of hydrogen-bond donors (Lipinski definition) is 1. The molecule has 18 heavy (non-hydrogen) atoms. The molecule has 0 spiro atoms. The number of carboxylic acid groups (broad SMARTS) is 1. The van der Waals surface area contributed by atoms with Gasteiger partial charge in [-0.25, -0.2) is 4.79 Å². The Labute approximate surface area is 107 Å². The maximum absolute atomic E-state index is 11.6. The van der Waals surface area contributed by atoms with Crippen LogP contribution in [0.1, 0.15) is 0 Å². The van der Waals surface area contributed by atoms with E-state index in [1.807, 2.05) is 14.1 Å². The number of piperazine rings is 1. The van der Waals surface area contributed by atoms with Crippen molar-refractivity contribution in [2.75, 3.05) is 53.4 Å². The highest BCUT2D eigenvalue weighted by Gasteiger charge is 2.19. The summed E-state index contributed by atoms with van der Waals surface area (Å²) in [7, 11) is 4.08. The van der Waals surface area contributed by atoms with E-state index in [2.05, 4.69) is 9.80 Å². The minimum atomic E-state index is -1.09. The fraction of sp³-hybridized carbons (Fsp3) is 0.667. The number of aliphatic carboxylic acids is 1. The van der Waals surface area contributed by atoms with Crippen molar-refractivity contribution in [2.45, 2.75) is 0 Å². The van der Waals surface area contributed by atoms with Gasteiger partial charge in [-0.15, -0.1) is 0 Å². The Kier molecular flexibility index (Phi) is 5.80. The molecule has 0 aliphatic carbocycles. The summed E-state index contributed by atoms with van der Waals surface area (Å²) in [5.41, 5.74) is 0. The smallest absolute Gasteiger partial charge is 0.328 e. The number of hydrogen-bond acceptors (Lipinski definition) is 4. The van der Waals surface area contributed by atoms with Crippen molar-refractivity contribution in [1.29, 1.82) is 0 Å². The molecule has 6 nitrogen and oxygen atoms in total. The lowest BCUT2D eigenvalue weighted by molar-refractivity contribution is -0.132. The molecule has 0 aromatic carbocycles. The Morgan fingerprint density at radius 3 is 2.28 bits per heavy atom. The third-order valence-electron chi connectivity index (χ3n) is 2.92. The van der Waals surface area contributed by atoms with Crippen LogP contribution in [0.5, 0.6) is 0 Å². The highest BCUT2D eigenvalue weighted by atomic mass is 16.4. The zero-order chi connectivity index (χ0) is 13.5. The molecule has 1 amide bonds. The van der Waals surface area contributed by atoms with Crippen molar-refractivity contribution in [1.82, 2.24) is 14.7 Å². The van der Waals surface area contributed by atoms with Crippen molar-refractivity contribution in [3.8, 4) is 0 Å². The summed E-state index contributed by atoms with van der Waals surface area (Å²) < 4.78 is 0. The van der Waals surface area contributed by atoms with E-state index in [4.69, 9.17) is 5.11 Å². The SMILES string of the molecule is CN(C)CCN1CCN(C(=O)C=CC(=O)O)CC1. The normalized spacial score (nSPS) is 17.6. The highest BCUT2D eigenvalue weighted by molar-refractivity contribution is 5.93. The highest BCUT2D eigenvalue weighted by Crippen LogP contribution is 2.02. The Balaban J connectivity index is 2.30. The van der Waals surface area contributed by atoms with E-state index in [-0.39, 0.29) is 5.91 Å². The minimum absolute atomic E-state index is 0.218. The van der Waals surface area contributed by atoms with Crippen LogP contribution in [0, 0.1) is 0 Å². The van der Waals surface area contributed by atoms with Gasteiger partial charge in [0.2, 0.25) is 5.91 Å². The quantitative estimate of drug-likeness (QED) is 0.660. The molecular formula is C12H21N3O3. The maximum atomic E-state index is 11.6. The fourth-order valence-corrected chi connectivity index (χ4v) is 1.78. The molecule has 1 aliphatic rings. The molecule has 1 N–H and O–H groups in total. The van der Waals surface area contributed by atoms with E-state index >= 15 is 0 Å². The zero-order valence-electron chi connectivity index (χ0n) is 11.0. The van der Waals surface area contributed by atoms with Gasteiger partial charge in [-0.2, -0.15) is 0 Å². The minimum Gasteiger partial charge on any atom is -0.478 e. The molecule has 1 saturated heterocycles. The first-order valence-corrected chi connectivity index (χ1v) is 6.06. The first-order chi connectivity index (χ1) is 8.49. The first-order valence-electron chi connectivity index (χ1n) is 6.06. The van der Waals surface area contributed by atoms with Crippen LogP contribution < -0.4 is 0 Å². The van der Waals surface area contributed by atoms with Crippen LogP contribution in [-0.2, 0) is 9.59 Å². The maximum Gasteiger partial charge on any atom is 0.328 e. The summed E-state index contributed by atoms with van der Waals surface area (Å²) in [5.74, 6) is -1.31. The number of amides is 1. The van der Waals surface area contributed by atoms with Crippen LogP contribution in [0.3, 0.4) is 0 Å². The van der Waals surface area contributed by atoms with Gasteiger partial charge in [-0.05, 0) is 14.1 Å². The molecular weight excluding hydrogens is 234 g/mol. The van der Waals surface area contributed by atoms with Crippen molar-refractivity contribution in [3.63, 3.8) is 0 Å². The topological polar surface area (TPSA) is 64.1 Å². The van der Waals surface area contributed by atoms with Gasteiger partial charge in [-0.1, -0.05) is 0 Å². The van der Waals surface area contributed by atoms with E-state index < -0.39 is 5.97 Å². The lowest BCUT2D eigenvalue weighted by Gasteiger charge is -2.34. The standard InChI is InChI=1S/C12H21N3O3/c1-13(2)5-6-14-7-9-15(10-8-14)11(16)3-4-12(17)18/h3-4H,5-10H2,1-2H3,(H,17,18). The average molecular weight is 255 g/mol. The summed E-state index contributed by atoms with van der Waals surface area (Å²) >= 11 is 0. The second kappa shape index (κ2) is 7.13. The van der Waals surface area contributed by atoms with Gasteiger partial charge in [0.25, 0.3) is 0 Å². The summed E-state index contributed by atoms with van der Waals surface area (Å²) in [6, 6.07) is 0. The molecule has 6 heteroatoms. The molecule has 1 heterocycles. The average Bonchev–Trinajstić information content (AvgIpc) is 2.34. The van der Waals surface area contributed by atoms with E-state index in [1.54, 1.807) is 4.90 Å². The molecule has 0 radical (unpaired) electrons. The molecule has 0 unspecified atom stereocenters. The summed E-state index contributed by atoms with van der Waals surface area (Å²) in [6.07, 6.45) is 2.01. The van der Waals surface area contributed by atoms with Gasteiger partial charge < -0.3 is 14.9 Å². The number of nitrogens with zero attached hydrogens (tertiary/aromatic N) is 3. The molecule has 0 atom stereocenters. The molecule has 1 fully saturated rings. The molecule has 0 saturated carbocycles. The van der Waals surface area contributed by atoms with Crippen LogP contribution in [0.15, 0.2) is 12.2 Å².